The van der Waals surface area contributed by atoms with Crippen LogP contribution in [-0.2, 0) is 28.0 Å². The molecule has 6 rings (SSSR count). The number of anilines is 2. The van der Waals surface area contributed by atoms with E-state index in [1.165, 1.54) is 12.3 Å². The molecule has 42 heavy (non-hydrogen) atoms. The molecule has 4 N–H and O–H groups in total. The van der Waals surface area contributed by atoms with Gasteiger partial charge in [-0.05, 0) is 45.0 Å². The van der Waals surface area contributed by atoms with E-state index in [2.05, 4.69) is 25.4 Å². The van der Waals surface area contributed by atoms with Gasteiger partial charge in [-0.15, -0.1) is 0 Å². The first kappa shape index (κ1) is 27.3. The Hall–Kier alpha value is -4.84. The summed E-state index contributed by atoms with van der Waals surface area (Å²) in [6.45, 7) is 4.88. The molecule has 0 radical (unpaired) electrons. The van der Waals surface area contributed by atoms with E-state index >= 15 is 0 Å². The maximum absolute atomic E-state index is 14.5. The highest BCUT2D eigenvalue weighted by molar-refractivity contribution is 6.31. The van der Waals surface area contributed by atoms with Crippen molar-refractivity contribution in [3.63, 3.8) is 0 Å². The number of carbonyl (C=O) groups excluding carboxylic acids is 1. The van der Waals surface area contributed by atoms with Gasteiger partial charge in [0.25, 0.3) is 0 Å². The number of carboxylic acid groups (broad SMARTS) is 1. The van der Waals surface area contributed by atoms with E-state index in [1.807, 2.05) is 0 Å². The molecule has 214 valence electrons. The Kier molecular flexibility index (Phi) is 6.26. The number of fused-ring (bicyclic) bond motifs is 2. The van der Waals surface area contributed by atoms with Crippen LogP contribution in [0.25, 0.3) is 22.4 Å². The Morgan fingerprint density at radius 3 is 2.71 bits per heavy atom. The summed E-state index contributed by atoms with van der Waals surface area (Å²) in [7, 11) is 0. The van der Waals surface area contributed by atoms with Crippen LogP contribution in [-0.4, -0.2) is 41.7 Å². The first-order valence-electron chi connectivity index (χ1n) is 13.0. The standard InChI is InChI=1S/C29H25ClFN7O4/c1-28(2,27(40)41)11-16-13-42-26(33-16)29(3)20-22(32)34-24(35-23(20)36-25(29)39)21-17-10-15(30)8-9-19(17)38(37-21)12-14-6-4-5-7-18(14)31/h4-10,13H,11-12H2,1-3H3,(H,40,41)(H3,32,34,35,36,39)/t29-/m0/s1. The second-order valence-corrected chi connectivity index (χ2v) is 11.4. The van der Waals surface area contributed by atoms with E-state index in [9.17, 15) is 19.1 Å². The second kappa shape index (κ2) is 9.62. The molecular formula is C29H25ClFN7O4. The van der Waals surface area contributed by atoms with Crippen LogP contribution in [0.4, 0.5) is 16.0 Å². The number of aromatic nitrogens is 5. The molecule has 4 heterocycles. The molecule has 0 spiro atoms. The number of nitrogen functional groups attached to an aromatic ring is 1. The van der Waals surface area contributed by atoms with Crippen molar-refractivity contribution in [2.75, 3.05) is 11.1 Å². The lowest BCUT2D eigenvalue weighted by molar-refractivity contribution is -0.146. The molecule has 2 aromatic carbocycles. The fourth-order valence-electron chi connectivity index (χ4n) is 5.09. The van der Waals surface area contributed by atoms with E-state index in [0.29, 0.717) is 32.9 Å². The Morgan fingerprint density at radius 2 is 1.98 bits per heavy atom. The van der Waals surface area contributed by atoms with Gasteiger partial charge in [0.05, 0.1) is 28.7 Å². The number of nitrogens with two attached hydrogens (primary N) is 1. The van der Waals surface area contributed by atoms with Crippen molar-refractivity contribution in [3.8, 4) is 11.5 Å². The van der Waals surface area contributed by atoms with Crippen molar-refractivity contribution in [1.82, 2.24) is 24.7 Å². The van der Waals surface area contributed by atoms with E-state index in [1.54, 1.807) is 61.9 Å². The maximum atomic E-state index is 14.5. The van der Waals surface area contributed by atoms with Crippen LogP contribution in [0.3, 0.4) is 0 Å². The van der Waals surface area contributed by atoms with Gasteiger partial charge >= 0.3 is 5.97 Å². The summed E-state index contributed by atoms with van der Waals surface area (Å²) in [6.07, 6.45) is 1.42. The third kappa shape index (κ3) is 4.35. The van der Waals surface area contributed by atoms with E-state index in [-0.39, 0.29) is 47.7 Å². The quantitative estimate of drug-likeness (QED) is 0.242. The first-order valence-corrected chi connectivity index (χ1v) is 13.3. The molecule has 11 nitrogen and oxygen atoms in total. The maximum Gasteiger partial charge on any atom is 0.309 e. The van der Waals surface area contributed by atoms with Crippen LogP contribution in [0.1, 0.15) is 43.5 Å². The first-order chi connectivity index (χ1) is 19.9. The molecule has 0 fully saturated rings. The third-order valence-electron chi connectivity index (χ3n) is 7.51. The average molecular weight is 590 g/mol. The molecule has 13 heteroatoms. The number of carboxylic acids is 1. The molecule has 0 aliphatic carbocycles. The summed E-state index contributed by atoms with van der Waals surface area (Å²) in [5.74, 6) is -1.51. The van der Waals surface area contributed by atoms with Gasteiger partial charge in [0.1, 0.15) is 29.4 Å². The van der Waals surface area contributed by atoms with Crippen molar-refractivity contribution in [2.24, 2.45) is 5.41 Å². The highest BCUT2D eigenvalue weighted by Gasteiger charge is 2.51. The molecule has 3 aromatic heterocycles. The average Bonchev–Trinajstić information content (AvgIpc) is 3.60. The van der Waals surface area contributed by atoms with Crippen molar-refractivity contribution in [3.05, 3.63) is 82.3 Å². The van der Waals surface area contributed by atoms with Crippen LogP contribution in [0.2, 0.25) is 5.02 Å². The topological polar surface area (TPSA) is 162 Å². The number of benzene rings is 2. The number of oxazole rings is 1. The molecule has 0 unspecified atom stereocenters. The van der Waals surface area contributed by atoms with Crippen LogP contribution in [0.15, 0.2) is 53.1 Å². The minimum atomic E-state index is -1.47. The van der Waals surface area contributed by atoms with Crippen LogP contribution in [0, 0.1) is 11.2 Å². The largest absolute Gasteiger partial charge is 0.481 e. The van der Waals surface area contributed by atoms with Crippen LogP contribution < -0.4 is 11.1 Å². The molecule has 1 aliphatic heterocycles. The highest BCUT2D eigenvalue weighted by atomic mass is 35.5. The predicted molar refractivity (Wildman–Crippen MR) is 152 cm³/mol. The van der Waals surface area contributed by atoms with Gasteiger partial charge in [0, 0.05) is 22.4 Å². The fourth-order valence-corrected chi connectivity index (χ4v) is 5.26. The summed E-state index contributed by atoms with van der Waals surface area (Å²) in [5.41, 5.74) is 6.00. The lowest BCUT2D eigenvalue weighted by Crippen LogP contribution is -2.33. The zero-order valence-electron chi connectivity index (χ0n) is 22.8. The SMILES string of the molecule is CC(C)(Cc1coc([C@]2(C)C(=O)Nc3nc(-c4nn(Cc5ccccc5F)c5ccc(Cl)cc45)nc(N)c32)n1)C(=O)O. The summed E-state index contributed by atoms with van der Waals surface area (Å²) in [4.78, 5) is 38.5. The Balaban J connectivity index is 1.42. The minimum absolute atomic E-state index is 0.000276. The summed E-state index contributed by atoms with van der Waals surface area (Å²) < 4.78 is 21.8. The van der Waals surface area contributed by atoms with Crippen molar-refractivity contribution >= 4 is 46.0 Å². The number of hydrogen-bond acceptors (Lipinski definition) is 8. The number of aliphatic carboxylic acids is 1. The summed E-state index contributed by atoms with van der Waals surface area (Å²) in [6, 6.07) is 11.6. The molecule has 1 amide bonds. The lowest BCUT2D eigenvalue weighted by Gasteiger charge is -2.19. The Bertz CT molecular complexity index is 1920. The van der Waals surface area contributed by atoms with Crippen LogP contribution >= 0.6 is 11.6 Å². The molecule has 5 aromatic rings. The zero-order chi connectivity index (χ0) is 30.0. The second-order valence-electron chi connectivity index (χ2n) is 11.0. The number of nitrogens with one attached hydrogen (secondary N) is 1. The molecule has 1 atom stereocenters. The Labute approximate surface area is 243 Å². The van der Waals surface area contributed by atoms with Gasteiger partial charge in [-0.1, -0.05) is 29.8 Å². The summed E-state index contributed by atoms with van der Waals surface area (Å²) in [5, 5.41) is 18.0. The van der Waals surface area contributed by atoms with Gasteiger partial charge in [-0.25, -0.2) is 19.3 Å². The molecule has 0 saturated carbocycles. The van der Waals surface area contributed by atoms with E-state index in [4.69, 9.17) is 21.8 Å². The minimum Gasteiger partial charge on any atom is -0.481 e. The number of amides is 1. The number of halogens is 2. The third-order valence-corrected chi connectivity index (χ3v) is 7.74. The lowest BCUT2D eigenvalue weighted by atomic mass is 9.84. The van der Waals surface area contributed by atoms with Crippen molar-refractivity contribution in [2.45, 2.75) is 39.2 Å². The van der Waals surface area contributed by atoms with Gasteiger partial charge in [-0.2, -0.15) is 5.10 Å². The van der Waals surface area contributed by atoms with Gasteiger partial charge in [0.2, 0.25) is 11.8 Å². The van der Waals surface area contributed by atoms with E-state index < -0.39 is 22.7 Å². The van der Waals surface area contributed by atoms with E-state index in [0.717, 1.165) is 0 Å². The molecule has 0 saturated heterocycles. The summed E-state index contributed by atoms with van der Waals surface area (Å²) >= 11 is 6.31. The monoisotopic (exact) mass is 589 g/mol. The highest BCUT2D eigenvalue weighted by Crippen LogP contribution is 2.45. The molecular weight excluding hydrogens is 565 g/mol. The number of rotatable bonds is 7. The van der Waals surface area contributed by atoms with Gasteiger partial charge in [-0.3, -0.25) is 14.3 Å². The van der Waals surface area contributed by atoms with Gasteiger partial charge < -0.3 is 20.6 Å². The van der Waals surface area contributed by atoms with Gasteiger partial charge in [0.15, 0.2) is 11.2 Å². The smallest absolute Gasteiger partial charge is 0.309 e. The molecule has 0 bridgehead atoms. The van der Waals surface area contributed by atoms with Crippen molar-refractivity contribution < 1.29 is 23.5 Å². The zero-order valence-corrected chi connectivity index (χ0v) is 23.5. The fraction of sp³-hybridized carbons (Fsp3) is 0.241. The number of hydrogen-bond donors (Lipinski definition) is 3. The molecule has 1 aliphatic rings. The van der Waals surface area contributed by atoms with Crippen molar-refractivity contribution in [1.29, 1.82) is 0 Å². The van der Waals surface area contributed by atoms with Crippen LogP contribution in [0.5, 0.6) is 0 Å². The number of nitrogens with zero attached hydrogens (tertiary/aromatic N) is 5. The predicted octanol–water partition coefficient (Wildman–Crippen LogP) is 4.82. The Morgan fingerprint density at radius 1 is 1.21 bits per heavy atom. The normalized spacial score (nSPS) is 16.5. The number of carbonyl (C=O) groups is 2.